The van der Waals surface area contributed by atoms with Gasteiger partial charge in [-0.25, -0.2) is 0 Å². The molecule has 7 nitrogen and oxygen atoms in total. The molecule has 3 aromatic rings. The van der Waals surface area contributed by atoms with E-state index in [1.54, 1.807) is 30.3 Å². The molecule has 0 saturated heterocycles. The minimum absolute atomic E-state index is 0.153. The van der Waals surface area contributed by atoms with Crippen LogP contribution in [0.15, 0.2) is 58.7 Å². The number of nitrogens with one attached hydrogen (secondary N) is 2. The molecule has 3 rings (SSSR count). The highest BCUT2D eigenvalue weighted by Crippen LogP contribution is 2.27. The monoisotopic (exact) mass is 561 g/mol. The minimum atomic E-state index is -0.412. The summed E-state index contributed by atoms with van der Waals surface area (Å²) in [6.45, 7) is 10.1. The summed E-state index contributed by atoms with van der Waals surface area (Å²) in [5, 5.41) is 15.5. The van der Waals surface area contributed by atoms with Crippen molar-refractivity contribution in [3.8, 4) is 0 Å². The van der Waals surface area contributed by atoms with Gasteiger partial charge in [0.05, 0.1) is 17.5 Å². The summed E-state index contributed by atoms with van der Waals surface area (Å²) in [4.78, 5) is 25.2. The van der Waals surface area contributed by atoms with E-state index in [4.69, 9.17) is 11.6 Å². The maximum atomic E-state index is 12.6. The zero-order chi connectivity index (χ0) is 24.8. The number of allylic oxidation sites excluding steroid dienone is 1. The third-order valence-electron chi connectivity index (χ3n) is 5.09. The number of rotatable bonds is 9. The Bertz CT molecular complexity index is 1210. The van der Waals surface area contributed by atoms with Crippen LogP contribution < -0.4 is 10.6 Å². The van der Waals surface area contributed by atoms with E-state index in [9.17, 15) is 9.59 Å². The molecule has 0 unspecified atom stereocenters. The number of thioether (sulfide) groups is 1. The predicted molar refractivity (Wildman–Crippen MR) is 141 cm³/mol. The molecule has 2 amide bonds. The molecule has 0 spiro atoms. The van der Waals surface area contributed by atoms with Crippen LogP contribution in [0.1, 0.15) is 40.3 Å². The van der Waals surface area contributed by atoms with Crippen molar-refractivity contribution in [1.29, 1.82) is 0 Å². The molecular formula is C24H25BrClN5O2S. The van der Waals surface area contributed by atoms with Crippen molar-refractivity contribution in [2.45, 2.75) is 38.5 Å². The van der Waals surface area contributed by atoms with E-state index >= 15 is 0 Å². The van der Waals surface area contributed by atoms with Gasteiger partial charge in [-0.15, -0.1) is 16.8 Å². The first-order chi connectivity index (χ1) is 16.2. The summed E-state index contributed by atoms with van der Waals surface area (Å²) in [6, 6.07) is 10.1. The van der Waals surface area contributed by atoms with E-state index < -0.39 is 6.04 Å². The number of benzene rings is 2. The number of amides is 2. The van der Waals surface area contributed by atoms with Crippen LogP contribution in [0.5, 0.6) is 0 Å². The van der Waals surface area contributed by atoms with Crippen molar-refractivity contribution >= 4 is 56.8 Å². The van der Waals surface area contributed by atoms with Crippen molar-refractivity contribution in [2.24, 2.45) is 0 Å². The summed E-state index contributed by atoms with van der Waals surface area (Å²) in [5.41, 5.74) is 3.45. The molecule has 0 aliphatic heterocycles. The topological polar surface area (TPSA) is 88.9 Å². The fraction of sp³-hybridized carbons (Fsp3) is 0.250. The van der Waals surface area contributed by atoms with Crippen LogP contribution in [-0.2, 0) is 11.3 Å². The first-order valence-electron chi connectivity index (χ1n) is 10.5. The summed E-state index contributed by atoms with van der Waals surface area (Å²) in [5.74, 6) is 0.319. The largest absolute Gasteiger partial charge is 0.342 e. The van der Waals surface area contributed by atoms with E-state index in [0.717, 1.165) is 21.3 Å². The van der Waals surface area contributed by atoms with Gasteiger partial charge in [0.15, 0.2) is 11.0 Å². The predicted octanol–water partition coefficient (Wildman–Crippen LogP) is 5.72. The third kappa shape index (κ3) is 6.49. The highest BCUT2D eigenvalue weighted by atomic mass is 79.9. The Morgan fingerprint density at radius 2 is 1.88 bits per heavy atom. The molecule has 10 heteroatoms. The minimum Gasteiger partial charge on any atom is -0.342 e. The smallest absolute Gasteiger partial charge is 0.251 e. The summed E-state index contributed by atoms with van der Waals surface area (Å²) >= 11 is 10.7. The first-order valence-corrected chi connectivity index (χ1v) is 12.6. The lowest BCUT2D eigenvalue weighted by Gasteiger charge is -2.15. The number of aryl methyl sites for hydroxylation is 2. The summed E-state index contributed by atoms with van der Waals surface area (Å²) in [6.07, 6.45) is 1.72. The molecule has 1 atom stereocenters. The molecule has 178 valence electrons. The SMILES string of the molecule is C=CCn1c(SCC(=O)Nc2cc(C)c(C)cc2Br)nnc1[C@H](C)NC(=O)c1ccc(Cl)cc1. The molecule has 0 fully saturated rings. The number of anilines is 1. The Morgan fingerprint density at radius 1 is 1.21 bits per heavy atom. The van der Waals surface area contributed by atoms with Gasteiger partial charge in [-0.2, -0.15) is 0 Å². The average Bonchev–Trinajstić information content (AvgIpc) is 3.19. The highest BCUT2D eigenvalue weighted by Gasteiger charge is 2.20. The maximum absolute atomic E-state index is 12.6. The highest BCUT2D eigenvalue weighted by molar-refractivity contribution is 9.10. The Hall–Kier alpha value is -2.62. The lowest BCUT2D eigenvalue weighted by atomic mass is 10.1. The second-order valence-electron chi connectivity index (χ2n) is 7.70. The van der Waals surface area contributed by atoms with Crippen molar-refractivity contribution in [3.63, 3.8) is 0 Å². The molecule has 0 aliphatic rings. The Morgan fingerprint density at radius 3 is 2.56 bits per heavy atom. The van der Waals surface area contributed by atoms with Gasteiger partial charge in [0.1, 0.15) is 0 Å². The lowest BCUT2D eigenvalue weighted by molar-refractivity contribution is -0.113. The van der Waals surface area contributed by atoms with Crippen LogP contribution in [0, 0.1) is 13.8 Å². The van der Waals surface area contributed by atoms with Gasteiger partial charge in [0.25, 0.3) is 5.91 Å². The Balaban J connectivity index is 1.67. The third-order valence-corrected chi connectivity index (χ3v) is 6.96. The van der Waals surface area contributed by atoms with Gasteiger partial charge in [0.2, 0.25) is 5.91 Å². The molecule has 1 heterocycles. The maximum Gasteiger partial charge on any atom is 0.251 e. The zero-order valence-electron chi connectivity index (χ0n) is 19.1. The van der Waals surface area contributed by atoms with Crippen molar-refractivity contribution in [1.82, 2.24) is 20.1 Å². The van der Waals surface area contributed by atoms with Crippen LogP contribution in [0.3, 0.4) is 0 Å². The number of hydrogen-bond donors (Lipinski definition) is 2. The van der Waals surface area contributed by atoms with Gasteiger partial charge >= 0.3 is 0 Å². The van der Waals surface area contributed by atoms with E-state index in [0.29, 0.717) is 28.1 Å². The second kappa shape index (κ2) is 11.7. The van der Waals surface area contributed by atoms with Crippen LogP contribution in [-0.4, -0.2) is 32.3 Å². The fourth-order valence-electron chi connectivity index (χ4n) is 3.17. The van der Waals surface area contributed by atoms with Gasteiger partial charge in [-0.05, 0) is 84.2 Å². The molecule has 0 saturated carbocycles. The van der Waals surface area contributed by atoms with Crippen molar-refractivity contribution in [3.05, 3.63) is 81.1 Å². The lowest BCUT2D eigenvalue weighted by Crippen LogP contribution is -2.28. The van der Waals surface area contributed by atoms with E-state index in [2.05, 4.69) is 43.3 Å². The molecule has 0 aliphatic carbocycles. The van der Waals surface area contributed by atoms with Crippen LogP contribution >= 0.6 is 39.3 Å². The van der Waals surface area contributed by atoms with Crippen LogP contribution in [0.2, 0.25) is 5.02 Å². The van der Waals surface area contributed by atoms with Crippen molar-refractivity contribution < 1.29 is 9.59 Å². The number of halogens is 2. The zero-order valence-corrected chi connectivity index (χ0v) is 22.2. The van der Waals surface area contributed by atoms with Gasteiger partial charge in [-0.1, -0.05) is 29.4 Å². The molecule has 0 radical (unpaired) electrons. The molecular weight excluding hydrogens is 538 g/mol. The Kier molecular flexibility index (Phi) is 8.93. The standard InChI is InChI=1S/C24H25BrClN5O2S/c1-5-10-31-22(16(4)27-23(33)17-6-8-18(26)9-7-17)29-30-24(31)34-13-21(32)28-20-12-15(3)14(2)11-19(20)25/h5-9,11-12,16H,1,10,13H2,2-4H3,(H,27,33)(H,28,32)/t16-/m0/s1. The normalized spacial score (nSPS) is 11.7. The number of hydrogen-bond acceptors (Lipinski definition) is 5. The van der Waals surface area contributed by atoms with Crippen molar-refractivity contribution in [2.75, 3.05) is 11.1 Å². The molecule has 2 N–H and O–H groups in total. The van der Waals surface area contributed by atoms with E-state index in [1.165, 1.54) is 11.8 Å². The van der Waals surface area contributed by atoms with Crippen LogP contribution in [0.25, 0.3) is 0 Å². The number of nitrogens with zero attached hydrogens (tertiary/aromatic N) is 3. The second-order valence-corrected chi connectivity index (χ2v) is 9.93. The summed E-state index contributed by atoms with van der Waals surface area (Å²) in [7, 11) is 0. The fourth-order valence-corrected chi connectivity index (χ4v) is 4.60. The quantitative estimate of drug-likeness (QED) is 0.257. The molecule has 1 aromatic heterocycles. The van der Waals surface area contributed by atoms with Gasteiger partial charge < -0.3 is 15.2 Å². The van der Waals surface area contributed by atoms with Crippen LogP contribution in [0.4, 0.5) is 5.69 Å². The number of carbonyl (C=O) groups is 2. The number of aromatic nitrogens is 3. The molecule has 34 heavy (non-hydrogen) atoms. The first kappa shape index (κ1) is 26.0. The summed E-state index contributed by atoms with van der Waals surface area (Å²) < 4.78 is 2.67. The molecule has 0 bridgehead atoms. The van der Waals surface area contributed by atoms with E-state index in [-0.39, 0.29) is 17.6 Å². The average molecular weight is 563 g/mol. The number of carbonyl (C=O) groups excluding carboxylic acids is 2. The van der Waals surface area contributed by atoms with Gasteiger partial charge in [0, 0.05) is 21.6 Å². The van der Waals surface area contributed by atoms with Gasteiger partial charge in [-0.3, -0.25) is 9.59 Å². The Labute approximate surface area is 216 Å². The molecule has 2 aromatic carbocycles. The van der Waals surface area contributed by atoms with E-state index in [1.807, 2.05) is 37.5 Å².